The molecule has 0 spiro atoms. The van der Waals surface area contributed by atoms with Crippen LogP contribution in [0.2, 0.25) is 0 Å². The van der Waals surface area contributed by atoms with Crippen molar-refractivity contribution in [3.05, 3.63) is 12.2 Å². The summed E-state index contributed by atoms with van der Waals surface area (Å²) in [5.74, 6) is 1.84. The maximum atomic E-state index is 4.42. The number of fused-ring (bicyclic) bond motifs is 2. The molecule has 0 saturated heterocycles. The Labute approximate surface area is 114 Å². The first-order valence-corrected chi connectivity index (χ1v) is 7.83. The second-order valence-corrected chi connectivity index (χ2v) is 8.35. The Hall–Kier alpha value is -0.260. The van der Waals surface area contributed by atoms with Crippen LogP contribution in [0.15, 0.2) is 12.2 Å². The van der Waals surface area contributed by atoms with Crippen LogP contribution in [0.1, 0.15) is 73.6 Å². The molecule has 0 heterocycles. The van der Waals surface area contributed by atoms with Crippen LogP contribution < -0.4 is 0 Å². The highest BCUT2D eigenvalue weighted by Crippen LogP contribution is 2.69. The lowest BCUT2D eigenvalue weighted by Gasteiger charge is -2.41. The maximum absolute atomic E-state index is 4.42. The van der Waals surface area contributed by atoms with E-state index < -0.39 is 0 Å². The summed E-state index contributed by atoms with van der Waals surface area (Å²) in [6, 6.07) is 0. The van der Waals surface area contributed by atoms with E-state index in [9.17, 15) is 0 Å². The molecule has 0 nitrogen and oxygen atoms in total. The van der Waals surface area contributed by atoms with Gasteiger partial charge in [0.05, 0.1) is 0 Å². The lowest BCUT2D eigenvalue weighted by Crippen LogP contribution is -2.33. The van der Waals surface area contributed by atoms with E-state index in [4.69, 9.17) is 0 Å². The second kappa shape index (κ2) is 4.12. The standard InChI is InChI=1S/C18H32/c1-8-16(3,4)13(2)11-15-12-14-9-10-18(15,7)17(14,5)6/h14-15H,2,8-12H2,1,3-7H3. The molecule has 2 aliphatic carbocycles. The van der Waals surface area contributed by atoms with E-state index in [2.05, 4.69) is 48.1 Å². The molecule has 2 rings (SSSR count). The van der Waals surface area contributed by atoms with Crippen LogP contribution in [0.3, 0.4) is 0 Å². The molecular formula is C18H32. The van der Waals surface area contributed by atoms with Gasteiger partial charge in [-0.2, -0.15) is 0 Å². The summed E-state index contributed by atoms with van der Waals surface area (Å²) in [6.07, 6.45) is 6.82. The zero-order chi connectivity index (χ0) is 13.8. The van der Waals surface area contributed by atoms with Crippen molar-refractivity contribution in [1.29, 1.82) is 0 Å². The summed E-state index contributed by atoms with van der Waals surface area (Å²) in [6.45, 7) is 19.0. The summed E-state index contributed by atoms with van der Waals surface area (Å²) in [5.41, 5.74) is 2.92. The average Bonchev–Trinajstić information content (AvgIpc) is 2.62. The van der Waals surface area contributed by atoms with Crippen LogP contribution >= 0.6 is 0 Å². The molecular weight excluding hydrogens is 216 g/mol. The first-order chi connectivity index (χ1) is 8.15. The van der Waals surface area contributed by atoms with Crippen molar-refractivity contribution < 1.29 is 0 Å². The van der Waals surface area contributed by atoms with E-state index in [1.165, 1.54) is 37.7 Å². The maximum Gasteiger partial charge on any atom is -0.0150 e. The highest BCUT2D eigenvalue weighted by molar-refractivity contribution is 5.16. The van der Waals surface area contributed by atoms with Crippen LogP contribution in [0.25, 0.3) is 0 Å². The van der Waals surface area contributed by atoms with Gasteiger partial charge in [0, 0.05) is 0 Å². The van der Waals surface area contributed by atoms with Gasteiger partial charge in [-0.25, -0.2) is 0 Å². The predicted molar refractivity (Wildman–Crippen MR) is 80.5 cm³/mol. The highest BCUT2D eigenvalue weighted by atomic mass is 14.7. The molecule has 0 N–H and O–H groups in total. The fourth-order valence-corrected chi connectivity index (χ4v) is 4.50. The highest BCUT2D eigenvalue weighted by Gasteiger charge is 2.60. The van der Waals surface area contributed by atoms with Gasteiger partial charge in [0.1, 0.15) is 0 Å². The summed E-state index contributed by atoms with van der Waals surface area (Å²) < 4.78 is 0. The molecule has 0 heteroatoms. The quantitative estimate of drug-likeness (QED) is 0.549. The third-order valence-corrected chi connectivity index (χ3v) is 7.31. The van der Waals surface area contributed by atoms with Crippen molar-refractivity contribution in [3.8, 4) is 0 Å². The predicted octanol–water partition coefficient (Wildman–Crippen LogP) is 5.83. The monoisotopic (exact) mass is 248 g/mol. The van der Waals surface area contributed by atoms with E-state index in [1.807, 2.05) is 0 Å². The van der Waals surface area contributed by atoms with Crippen LogP contribution in [-0.2, 0) is 0 Å². The molecule has 0 aromatic heterocycles. The SMILES string of the molecule is C=C(CC1CC2CCC1(C)C2(C)C)C(C)(C)CC. The first-order valence-electron chi connectivity index (χ1n) is 7.83. The molecule has 3 atom stereocenters. The minimum Gasteiger partial charge on any atom is -0.0993 e. The third kappa shape index (κ3) is 1.79. The molecule has 0 radical (unpaired) electrons. The largest absolute Gasteiger partial charge is 0.0993 e. The number of allylic oxidation sites excluding steroid dienone is 1. The van der Waals surface area contributed by atoms with Crippen molar-refractivity contribution >= 4 is 0 Å². The third-order valence-electron chi connectivity index (χ3n) is 7.31. The van der Waals surface area contributed by atoms with Gasteiger partial charge >= 0.3 is 0 Å². The van der Waals surface area contributed by atoms with Crippen molar-refractivity contribution in [2.45, 2.75) is 73.6 Å². The minimum absolute atomic E-state index is 0.322. The molecule has 0 aliphatic heterocycles. The average molecular weight is 248 g/mol. The minimum atomic E-state index is 0.322. The van der Waals surface area contributed by atoms with Gasteiger partial charge in [-0.1, -0.05) is 53.7 Å². The molecule has 104 valence electrons. The summed E-state index contributed by atoms with van der Waals surface area (Å²) in [5, 5.41) is 0. The second-order valence-electron chi connectivity index (χ2n) is 8.35. The normalized spacial score (nSPS) is 38.1. The van der Waals surface area contributed by atoms with Crippen LogP contribution in [0.5, 0.6) is 0 Å². The smallest absolute Gasteiger partial charge is 0.0150 e. The van der Waals surface area contributed by atoms with Gasteiger partial charge in [-0.05, 0) is 60.2 Å². The first kappa shape index (κ1) is 14.2. The Morgan fingerprint density at radius 1 is 1.28 bits per heavy atom. The lowest BCUT2D eigenvalue weighted by atomic mass is 9.64. The zero-order valence-electron chi connectivity index (χ0n) is 13.4. The van der Waals surface area contributed by atoms with Crippen LogP contribution in [0.4, 0.5) is 0 Å². The van der Waals surface area contributed by atoms with Gasteiger partial charge < -0.3 is 0 Å². The van der Waals surface area contributed by atoms with Crippen molar-refractivity contribution in [1.82, 2.24) is 0 Å². The number of hydrogen-bond acceptors (Lipinski definition) is 0. The number of rotatable bonds is 4. The van der Waals surface area contributed by atoms with Gasteiger partial charge in [0.15, 0.2) is 0 Å². The van der Waals surface area contributed by atoms with Crippen molar-refractivity contribution in [2.75, 3.05) is 0 Å². The summed E-state index contributed by atoms with van der Waals surface area (Å²) in [4.78, 5) is 0. The van der Waals surface area contributed by atoms with Gasteiger partial charge in [0.25, 0.3) is 0 Å². The molecule has 2 bridgehead atoms. The van der Waals surface area contributed by atoms with E-state index in [0.29, 0.717) is 16.2 Å². The molecule has 2 fully saturated rings. The Balaban J connectivity index is 2.12. The Bertz CT molecular complexity index is 347. The zero-order valence-corrected chi connectivity index (χ0v) is 13.4. The van der Waals surface area contributed by atoms with E-state index in [0.717, 1.165) is 11.8 Å². The molecule has 0 aromatic rings. The van der Waals surface area contributed by atoms with Gasteiger partial charge in [0.2, 0.25) is 0 Å². The van der Waals surface area contributed by atoms with Crippen molar-refractivity contribution in [2.24, 2.45) is 28.1 Å². The Kier molecular flexibility index (Phi) is 3.24. The fraction of sp³-hybridized carbons (Fsp3) is 0.889. The lowest BCUT2D eigenvalue weighted by molar-refractivity contribution is 0.0996. The fourth-order valence-electron chi connectivity index (χ4n) is 4.50. The molecule has 2 aliphatic rings. The van der Waals surface area contributed by atoms with E-state index in [-0.39, 0.29) is 0 Å². The van der Waals surface area contributed by atoms with Crippen molar-refractivity contribution in [3.63, 3.8) is 0 Å². The van der Waals surface area contributed by atoms with E-state index in [1.54, 1.807) is 0 Å². The summed E-state index contributed by atoms with van der Waals surface area (Å²) >= 11 is 0. The Morgan fingerprint density at radius 2 is 1.89 bits per heavy atom. The van der Waals surface area contributed by atoms with Crippen LogP contribution in [-0.4, -0.2) is 0 Å². The molecule has 18 heavy (non-hydrogen) atoms. The van der Waals surface area contributed by atoms with Gasteiger partial charge in [-0.15, -0.1) is 0 Å². The molecule has 0 amide bonds. The van der Waals surface area contributed by atoms with Gasteiger partial charge in [-0.3, -0.25) is 0 Å². The molecule has 0 aromatic carbocycles. The number of hydrogen-bond donors (Lipinski definition) is 0. The van der Waals surface area contributed by atoms with Crippen LogP contribution in [0, 0.1) is 28.1 Å². The Morgan fingerprint density at radius 3 is 2.28 bits per heavy atom. The summed E-state index contributed by atoms with van der Waals surface area (Å²) in [7, 11) is 0. The molecule has 3 unspecified atom stereocenters. The molecule has 2 saturated carbocycles. The van der Waals surface area contributed by atoms with E-state index >= 15 is 0 Å². The topological polar surface area (TPSA) is 0 Å².